The number of carbonyl (C=O) groups excluding carboxylic acids is 1. The van der Waals surface area contributed by atoms with Crippen molar-refractivity contribution in [3.8, 4) is 0 Å². The topological polar surface area (TPSA) is 117 Å². The van der Waals surface area contributed by atoms with E-state index in [1.165, 1.54) is 15.1 Å². The van der Waals surface area contributed by atoms with E-state index in [2.05, 4.69) is 75.7 Å². The molecule has 0 atom stereocenters. The van der Waals surface area contributed by atoms with Crippen molar-refractivity contribution in [2.24, 2.45) is 11.8 Å². The molecule has 4 aromatic rings. The van der Waals surface area contributed by atoms with Crippen molar-refractivity contribution in [2.45, 2.75) is 105 Å². The molecule has 4 aromatic heterocycles. The lowest BCUT2D eigenvalue weighted by Gasteiger charge is -2.33. The second-order valence-electron chi connectivity index (χ2n) is 14.6. The van der Waals surface area contributed by atoms with Crippen LogP contribution in [-0.2, 0) is 17.6 Å². The standard InChI is InChI=1S/C20H30N4O2S.C15H22N4S/c1-13(2)10-15-11-16-17(21-12-22-18(16)27-15)23-14-6-8-24(9-7-14)19(25)26-20(3,4)5;1-10(2)7-12-8-13-14(17-9-18-15(13)20-12)19-11-3-5-16-6-4-11/h11-14H,6-10H2,1-5H3,(H,21,22,23);8-11,16H,3-7H2,1-2H3,(H,17,18,19). The second-order valence-corrected chi connectivity index (χ2v) is 16.8. The van der Waals surface area contributed by atoms with Crippen LogP contribution >= 0.6 is 22.7 Å². The Bertz CT molecular complexity index is 1600. The van der Waals surface area contributed by atoms with E-state index >= 15 is 0 Å². The zero-order valence-corrected chi connectivity index (χ0v) is 30.7. The third-order valence-electron chi connectivity index (χ3n) is 8.15. The Labute approximate surface area is 287 Å². The summed E-state index contributed by atoms with van der Waals surface area (Å²) in [5.41, 5.74) is -0.453. The quantitative estimate of drug-likeness (QED) is 0.172. The predicted molar refractivity (Wildman–Crippen MR) is 196 cm³/mol. The van der Waals surface area contributed by atoms with Crippen molar-refractivity contribution in [1.29, 1.82) is 0 Å². The van der Waals surface area contributed by atoms with Gasteiger partial charge in [0, 0.05) is 34.9 Å². The number of ether oxygens (including phenoxy) is 1. The molecule has 2 aliphatic rings. The van der Waals surface area contributed by atoms with Crippen LogP contribution in [0.2, 0.25) is 0 Å². The number of thiophene rings is 2. The van der Waals surface area contributed by atoms with E-state index in [4.69, 9.17) is 4.74 Å². The van der Waals surface area contributed by atoms with Crippen molar-refractivity contribution in [1.82, 2.24) is 30.2 Å². The van der Waals surface area contributed by atoms with Gasteiger partial charge in [-0.05, 0) is 96.4 Å². The van der Waals surface area contributed by atoms with Crippen LogP contribution in [0.3, 0.4) is 0 Å². The number of hydrogen-bond acceptors (Lipinski definition) is 11. The molecule has 0 unspecified atom stereocenters. The summed E-state index contributed by atoms with van der Waals surface area (Å²) in [6.07, 6.45) is 9.37. The summed E-state index contributed by atoms with van der Waals surface area (Å²) in [6.45, 7) is 18.2. The van der Waals surface area contributed by atoms with Gasteiger partial charge < -0.3 is 25.6 Å². The molecule has 0 aromatic carbocycles. The zero-order chi connectivity index (χ0) is 33.6. The minimum Gasteiger partial charge on any atom is -0.444 e. The van der Waals surface area contributed by atoms with Gasteiger partial charge in [-0.25, -0.2) is 24.7 Å². The second kappa shape index (κ2) is 15.9. The molecule has 1 amide bonds. The number of rotatable bonds is 8. The maximum Gasteiger partial charge on any atom is 0.410 e. The van der Waals surface area contributed by atoms with Crippen LogP contribution in [0, 0.1) is 11.8 Å². The largest absolute Gasteiger partial charge is 0.444 e. The van der Waals surface area contributed by atoms with Crippen LogP contribution in [0.25, 0.3) is 20.4 Å². The number of nitrogens with one attached hydrogen (secondary N) is 3. The molecule has 2 saturated heterocycles. The van der Waals surface area contributed by atoms with Gasteiger partial charge in [0.1, 0.15) is 39.6 Å². The van der Waals surface area contributed by atoms with Gasteiger partial charge in [0.25, 0.3) is 0 Å². The van der Waals surface area contributed by atoms with Crippen LogP contribution in [0.1, 0.15) is 83.9 Å². The number of piperidine rings is 2. The average Bonchev–Trinajstić information content (AvgIpc) is 3.61. The molecule has 0 bridgehead atoms. The summed E-state index contributed by atoms with van der Waals surface area (Å²) in [6, 6.07) is 5.32. The summed E-state index contributed by atoms with van der Waals surface area (Å²) in [7, 11) is 0. The molecule has 0 aliphatic carbocycles. The highest BCUT2D eigenvalue weighted by Gasteiger charge is 2.27. The smallest absolute Gasteiger partial charge is 0.410 e. The number of hydrogen-bond donors (Lipinski definition) is 3. The van der Waals surface area contributed by atoms with E-state index in [0.717, 1.165) is 78.3 Å². The Balaban J connectivity index is 0.000000193. The van der Waals surface area contributed by atoms with Crippen LogP contribution in [0.4, 0.5) is 16.4 Å². The lowest BCUT2D eigenvalue weighted by atomic mass is 10.1. The Kier molecular flexibility index (Phi) is 11.9. The lowest BCUT2D eigenvalue weighted by molar-refractivity contribution is 0.0210. The van der Waals surface area contributed by atoms with Crippen LogP contribution in [0.5, 0.6) is 0 Å². The Morgan fingerprint density at radius 2 is 1.30 bits per heavy atom. The SMILES string of the molecule is CC(C)Cc1cc2c(NC3CCN(C(=O)OC(C)(C)C)CC3)ncnc2s1.CC(C)Cc1cc2c(NC3CCNCC3)ncnc2s1. The summed E-state index contributed by atoms with van der Waals surface area (Å²) < 4.78 is 5.47. The minimum absolute atomic E-state index is 0.221. The third-order valence-corrected chi connectivity index (χ3v) is 10.3. The van der Waals surface area contributed by atoms with Crippen molar-refractivity contribution in [3.63, 3.8) is 0 Å². The fraction of sp³-hybridized carbons (Fsp3) is 0.629. The van der Waals surface area contributed by atoms with Crippen LogP contribution < -0.4 is 16.0 Å². The van der Waals surface area contributed by atoms with Gasteiger partial charge in [-0.3, -0.25) is 0 Å². The van der Waals surface area contributed by atoms with E-state index in [0.29, 0.717) is 37.0 Å². The Morgan fingerprint density at radius 1 is 0.830 bits per heavy atom. The maximum absolute atomic E-state index is 12.2. The molecular weight excluding hydrogens is 629 g/mol. The molecule has 0 saturated carbocycles. The Hall–Kier alpha value is -3.09. The number of aromatic nitrogens is 4. The molecule has 6 heterocycles. The fourth-order valence-electron chi connectivity index (χ4n) is 5.93. The fourth-order valence-corrected chi connectivity index (χ4v) is 8.35. The van der Waals surface area contributed by atoms with Crippen molar-refractivity contribution in [2.75, 3.05) is 36.8 Å². The van der Waals surface area contributed by atoms with Gasteiger partial charge in [-0.1, -0.05) is 27.7 Å². The molecule has 10 nitrogen and oxygen atoms in total. The van der Waals surface area contributed by atoms with Gasteiger partial charge in [0.2, 0.25) is 0 Å². The number of anilines is 2. The molecule has 6 rings (SSSR count). The van der Waals surface area contributed by atoms with E-state index in [9.17, 15) is 4.79 Å². The molecule has 0 radical (unpaired) electrons. The number of likely N-dealkylation sites (tertiary alicyclic amines) is 1. The van der Waals surface area contributed by atoms with E-state index in [1.807, 2.05) is 20.8 Å². The first-order valence-corrected chi connectivity index (χ1v) is 18.8. The van der Waals surface area contributed by atoms with Crippen molar-refractivity contribution < 1.29 is 9.53 Å². The van der Waals surface area contributed by atoms with Gasteiger partial charge in [0.05, 0.1) is 10.8 Å². The minimum atomic E-state index is -0.453. The summed E-state index contributed by atoms with van der Waals surface area (Å²) in [5, 5.41) is 12.9. The van der Waals surface area contributed by atoms with Crippen LogP contribution in [0.15, 0.2) is 24.8 Å². The van der Waals surface area contributed by atoms with Gasteiger partial charge >= 0.3 is 6.09 Å². The van der Waals surface area contributed by atoms with Gasteiger partial charge in [-0.15, -0.1) is 22.7 Å². The highest BCUT2D eigenvalue weighted by Crippen LogP contribution is 2.32. The van der Waals surface area contributed by atoms with Crippen molar-refractivity contribution >= 4 is 60.8 Å². The van der Waals surface area contributed by atoms with E-state index < -0.39 is 5.60 Å². The monoisotopic (exact) mass is 680 g/mol. The first-order chi connectivity index (χ1) is 22.4. The number of amides is 1. The number of nitrogens with zero attached hydrogens (tertiary/aromatic N) is 5. The summed E-state index contributed by atoms with van der Waals surface area (Å²) in [5.74, 6) is 3.21. The van der Waals surface area contributed by atoms with E-state index in [1.54, 1.807) is 40.2 Å². The molecule has 3 N–H and O–H groups in total. The summed E-state index contributed by atoms with van der Waals surface area (Å²) >= 11 is 3.55. The zero-order valence-electron chi connectivity index (χ0n) is 29.1. The summed E-state index contributed by atoms with van der Waals surface area (Å²) in [4.78, 5) is 36.7. The third kappa shape index (κ3) is 10.2. The molecular formula is C35H52N8O2S2. The number of fused-ring (bicyclic) bond motifs is 2. The van der Waals surface area contributed by atoms with Crippen molar-refractivity contribution in [3.05, 3.63) is 34.5 Å². The first-order valence-electron chi connectivity index (χ1n) is 17.1. The Morgan fingerprint density at radius 3 is 1.74 bits per heavy atom. The molecule has 47 heavy (non-hydrogen) atoms. The highest BCUT2D eigenvalue weighted by molar-refractivity contribution is 7.19. The molecule has 12 heteroatoms. The maximum atomic E-state index is 12.2. The molecule has 2 aliphatic heterocycles. The van der Waals surface area contributed by atoms with E-state index in [-0.39, 0.29) is 6.09 Å². The lowest BCUT2D eigenvalue weighted by Crippen LogP contribution is -2.44. The normalized spacial score (nSPS) is 16.5. The van der Waals surface area contributed by atoms with Gasteiger partial charge in [-0.2, -0.15) is 0 Å². The molecule has 2 fully saturated rings. The van der Waals surface area contributed by atoms with Gasteiger partial charge in [0.15, 0.2) is 0 Å². The van der Waals surface area contributed by atoms with Crippen LogP contribution in [-0.4, -0.2) is 74.8 Å². The molecule has 256 valence electrons. The predicted octanol–water partition coefficient (Wildman–Crippen LogP) is 7.75. The first kappa shape index (κ1) is 35.2. The molecule has 0 spiro atoms. The number of carbonyl (C=O) groups is 1. The highest BCUT2D eigenvalue weighted by atomic mass is 32.1. The average molecular weight is 681 g/mol.